The number of hydrogen-bond acceptors (Lipinski definition) is 6. The molecule has 7 nitrogen and oxygen atoms in total. The molecule has 3 N–H and O–H groups in total. The Labute approximate surface area is 124 Å². The van der Waals surface area contributed by atoms with Crippen LogP contribution in [-0.2, 0) is 4.79 Å². The third-order valence-electron chi connectivity index (χ3n) is 2.55. The van der Waals surface area contributed by atoms with E-state index in [0.29, 0.717) is 5.69 Å². The highest BCUT2D eigenvalue weighted by Crippen LogP contribution is 2.26. The molecule has 21 heavy (non-hydrogen) atoms. The van der Waals surface area contributed by atoms with Crippen molar-refractivity contribution in [1.82, 2.24) is 4.37 Å². The van der Waals surface area contributed by atoms with Crippen molar-refractivity contribution in [2.24, 2.45) is 0 Å². The average Bonchev–Trinajstić information content (AvgIpc) is 2.79. The lowest BCUT2D eigenvalue weighted by atomic mass is 10.2. The maximum absolute atomic E-state index is 11.7. The molecule has 1 aromatic heterocycles. The minimum Gasteiger partial charge on any atom is -0.504 e. The number of aromatic carboxylic acids is 1. The summed E-state index contributed by atoms with van der Waals surface area (Å²) in [5, 5.41) is 21.1. The fourth-order valence-corrected chi connectivity index (χ4v) is 2.40. The zero-order valence-electron chi connectivity index (χ0n) is 11.0. The highest BCUT2D eigenvalue weighted by Gasteiger charge is 2.19. The third kappa shape index (κ3) is 3.48. The molecule has 0 saturated heterocycles. The van der Waals surface area contributed by atoms with E-state index in [4.69, 9.17) is 9.84 Å². The smallest absolute Gasteiger partial charge is 0.340 e. The van der Waals surface area contributed by atoms with E-state index in [1.54, 1.807) is 19.1 Å². The number of phenols is 1. The molecule has 1 heterocycles. The fourth-order valence-electron chi connectivity index (χ4n) is 1.59. The molecule has 2 rings (SSSR count). The summed E-state index contributed by atoms with van der Waals surface area (Å²) in [6, 6.07) is 6.23. The Kier molecular flexibility index (Phi) is 4.39. The molecule has 0 fully saturated rings. The van der Waals surface area contributed by atoms with Gasteiger partial charge in [-0.05, 0) is 30.6 Å². The first-order chi connectivity index (χ1) is 9.99. The summed E-state index contributed by atoms with van der Waals surface area (Å²) in [6.07, 6.45) is 0. The second-order valence-electron chi connectivity index (χ2n) is 4.08. The number of carbonyl (C=O) groups is 2. The Morgan fingerprint density at radius 3 is 2.76 bits per heavy atom. The summed E-state index contributed by atoms with van der Waals surface area (Å²) in [5.74, 6) is -1.60. The molecule has 1 amide bonds. The second kappa shape index (κ2) is 6.23. The second-order valence-corrected chi connectivity index (χ2v) is 4.86. The van der Waals surface area contributed by atoms with Crippen molar-refractivity contribution >= 4 is 28.4 Å². The van der Waals surface area contributed by atoms with Crippen LogP contribution in [0.2, 0.25) is 0 Å². The number of hydrogen-bond donors (Lipinski definition) is 3. The summed E-state index contributed by atoms with van der Waals surface area (Å²) in [6.45, 7) is 1.20. The van der Waals surface area contributed by atoms with Crippen LogP contribution in [0, 0.1) is 6.92 Å². The van der Waals surface area contributed by atoms with E-state index in [9.17, 15) is 14.7 Å². The van der Waals surface area contributed by atoms with Crippen LogP contribution in [0.1, 0.15) is 16.1 Å². The highest BCUT2D eigenvalue weighted by atomic mass is 32.1. The number of aryl methyl sites for hydroxylation is 1. The number of aromatic hydroxyl groups is 1. The van der Waals surface area contributed by atoms with Crippen molar-refractivity contribution in [3.05, 3.63) is 35.5 Å². The number of nitrogens with one attached hydrogen (secondary N) is 1. The van der Waals surface area contributed by atoms with Gasteiger partial charge in [0.25, 0.3) is 5.91 Å². The molecular weight excluding hydrogens is 296 g/mol. The van der Waals surface area contributed by atoms with Gasteiger partial charge in [-0.2, -0.15) is 4.37 Å². The number of rotatable bonds is 5. The topological polar surface area (TPSA) is 109 Å². The average molecular weight is 308 g/mol. The molecule has 0 radical (unpaired) electrons. The number of benzene rings is 1. The predicted molar refractivity (Wildman–Crippen MR) is 76.0 cm³/mol. The van der Waals surface area contributed by atoms with Crippen LogP contribution in [0.15, 0.2) is 24.3 Å². The summed E-state index contributed by atoms with van der Waals surface area (Å²) < 4.78 is 9.04. The number of aromatic nitrogens is 1. The summed E-state index contributed by atoms with van der Waals surface area (Å²) >= 11 is 0.890. The van der Waals surface area contributed by atoms with E-state index < -0.39 is 11.9 Å². The Morgan fingerprint density at radius 2 is 2.10 bits per heavy atom. The third-order valence-corrected chi connectivity index (χ3v) is 3.41. The van der Waals surface area contributed by atoms with Crippen molar-refractivity contribution in [2.45, 2.75) is 6.92 Å². The van der Waals surface area contributed by atoms with E-state index in [-0.39, 0.29) is 28.7 Å². The van der Waals surface area contributed by atoms with Gasteiger partial charge >= 0.3 is 5.97 Å². The highest BCUT2D eigenvalue weighted by molar-refractivity contribution is 7.11. The van der Waals surface area contributed by atoms with Crippen molar-refractivity contribution in [3.8, 4) is 11.5 Å². The maximum Gasteiger partial charge on any atom is 0.340 e. The number of phenolic OH excluding ortho intramolecular Hbond substituents is 1. The zero-order chi connectivity index (χ0) is 15.4. The lowest BCUT2D eigenvalue weighted by Crippen LogP contribution is -2.20. The van der Waals surface area contributed by atoms with Gasteiger partial charge in [0.1, 0.15) is 10.6 Å². The largest absolute Gasteiger partial charge is 0.504 e. The molecule has 0 saturated carbocycles. The summed E-state index contributed by atoms with van der Waals surface area (Å²) in [4.78, 5) is 22.8. The Bertz CT molecular complexity index is 683. The normalized spacial score (nSPS) is 10.1. The zero-order valence-corrected chi connectivity index (χ0v) is 11.8. The van der Waals surface area contributed by atoms with Gasteiger partial charge in [-0.25, -0.2) is 4.79 Å². The van der Waals surface area contributed by atoms with Crippen molar-refractivity contribution in [1.29, 1.82) is 0 Å². The lowest BCUT2D eigenvalue weighted by molar-refractivity contribution is -0.118. The molecule has 0 aliphatic rings. The van der Waals surface area contributed by atoms with Crippen molar-refractivity contribution in [2.75, 3.05) is 11.9 Å². The van der Waals surface area contributed by atoms with Gasteiger partial charge in [0.05, 0.1) is 5.69 Å². The monoisotopic (exact) mass is 308 g/mol. The number of nitrogens with zero attached hydrogens (tertiary/aromatic N) is 1. The summed E-state index contributed by atoms with van der Waals surface area (Å²) in [7, 11) is 0. The molecule has 0 unspecified atom stereocenters. The van der Waals surface area contributed by atoms with Crippen LogP contribution < -0.4 is 10.1 Å². The molecule has 0 spiro atoms. The molecule has 1 aromatic carbocycles. The molecule has 110 valence electrons. The van der Waals surface area contributed by atoms with Crippen LogP contribution in [0.5, 0.6) is 11.5 Å². The van der Waals surface area contributed by atoms with E-state index >= 15 is 0 Å². The molecule has 0 bridgehead atoms. The quantitative estimate of drug-likeness (QED) is 0.778. The van der Waals surface area contributed by atoms with Crippen LogP contribution >= 0.6 is 11.5 Å². The van der Waals surface area contributed by atoms with Gasteiger partial charge < -0.3 is 20.3 Å². The molecule has 0 aliphatic heterocycles. The number of carbonyl (C=O) groups excluding carboxylic acids is 1. The van der Waals surface area contributed by atoms with Gasteiger partial charge in [0.2, 0.25) is 0 Å². The van der Waals surface area contributed by atoms with Gasteiger partial charge in [0, 0.05) is 0 Å². The van der Waals surface area contributed by atoms with Crippen molar-refractivity contribution in [3.63, 3.8) is 0 Å². The minimum atomic E-state index is -1.15. The number of carboxylic acids is 1. The van der Waals surface area contributed by atoms with Crippen LogP contribution in [0.4, 0.5) is 5.00 Å². The van der Waals surface area contributed by atoms with E-state index in [2.05, 4.69) is 9.69 Å². The maximum atomic E-state index is 11.7. The SMILES string of the molecule is Cc1nsc(NC(=O)COc2ccccc2O)c1C(=O)O. The van der Waals surface area contributed by atoms with E-state index in [1.165, 1.54) is 12.1 Å². The Morgan fingerprint density at radius 1 is 1.38 bits per heavy atom. The van der Waals surface area contributed by atoms with Gasteiger partial charge in [0.15, 0.2) is 18.1 Å². The Hall–Kier alpha value is -2.61. The van der Waals surface area contributed by atoms with Crippen LogP contribution in [-0.4, -0.2) is 33.1 Å². The lowest BCUT2D eigenvalue weighted by Gasteiger charge is -2.07. The van der Waals surface area contributed by atoms with Gasteiger partial charge in [-0.3, -0.25) is 4.79 Å². The van der Waals surface area contributed by atoms with E-state index in [1.807, 2.05) is 0 Å². The number of amides is 1. The number of ether oxygens (including phenoxy) is 1. The number of anilines is 1. The van der Waals surface area contributed by atoms with Crippen LogP contribution in [0.25, 0.3) is 0 Å². The predicted octanol–water partition coefficient (Wildman–Crippen LogP) is 1.87. The standard InChI is InChI=1S/C13H12N2O5S/c1-7-11(13(18)19)12(21-15-7)14-10(17)6-20-9-5-3-2-4-8(9)16/h2-5,16H,6H2,1H3,(H,14,17)(H,18,19). The molecule has 2 aromatic rings. The number of carboxylic acid groups (broad SMARTS) is 1. The molecule has 0 atom stereocenters. The van der Waals surface area contributed by atoms with E-state index in [0.717, 1.165) is 11.5 Å². The molecule has 0 aliphatic carbocycles. The summed E-state index contributed by atoms with van der Waals surface area (Å²) in [5.41, 5.74) is 0.306. The molecular formula is C13H12N2O5S. The Balaban J connectivity index is 2.00. The fraction of sp³-hybridized carbons (Fsp3) is 0.154. The van der Waals surface area contributed by atoms with Crippen molar-refractivity contribution < 1.29 is 24.5 Å². The first kappa shape index (κ1) is 14.8. The minimum absolute atomic E-state index is 0.0316. The first-order valence-corrected chi connectivity index (χ1v) is 6.66. The van der Waals surface area contributed by atoms with Crippen LogP contribution in [0.3, 0.4) is 0 Å². The first-order valence-electron chi connectivity index (χ1n) is 5.89. The van der Waals surface area contributed by atoms with Gasteiger partial charge in [-0.15, -0.1) is 0 Å². The number of para-hydroxylation sites is 2. The molecule has 8 heteroatoms. The van der Waals surface area contributed by atoms with Gasteiger partial charge in [-0.1, -0.05) is 12.1 Å².